The molecule has 3 heterocycles. The van der Waals surface area contributed by atoms with Crippen LogP contribution in [0, 0.1) is 0 Å². The van der Waals surface area contributed by atoms with Gasteiger partial charge in [0.05, 0.1) is 10.6 Å². The molecule has 2 aliphatic heterocycles. The fraction of sp³-hybridized carbons (Fsp3) is 0.462. The largest absolute Gasteiger partial charge is 0.370 e. The summed E-state index contributed by atoms with van der Waals surface area (Å²) in [5.41, 5.74) is 8.95. The van der Waals surface area contributed by atoms with Crippen molar-refractivity contribution in [3.05, 3.63) is 62.9 Å². The second kappa shape index (κ2) is 8.12. The van der Waals surface area contributed by atoms with Gasteiger partial charge in [0.2, 0.25) is 0 Å². The SMILES string of the molecule is CC(C)N1CCC(=C2c3ccccc3C=C(N3CCCCC3)c3sccc32)CC1. The Morgan fingerprint density at radius 2 is 1.62 bits per heavy atom. The molecule has 0 spiro atoms. The van der Waals surface area contributed by atoms with E-state index in [4.69, 9.17) is 0 Å². The van der Waals surface area contributed by atoms with Crippen molar-refractivity contribution in [2.75, 3.05) is 26.2 Å². The second-order valence-electron chi connectivity index (χ2n) is 8.94. The van der Waals surface area contributed by atoms with Crippen LogP contribution in [0.1, 0.15) is 67.5 Å². The molecule has 0 amide bonds. The fourth-order valence-electron chi connectivity index (χ4n) is 5.22. The molecule has 152 valence electrons. The highest BCUT2D eigenvalue weighted by Crippen LogP contribution is 2.44. The highest BCUT2D eigenvalue weighted by Gasteiger charge is 2.28. The lowest BCUT2D eigenvalue weighted by molar-refractivity contribution is 0.208. The summed E-state index contributed by atoms with van der Waals surface area (Å²) in [6, 6.07) is 12.1. The number of hydrogen-bond acceptors (Lipinski definition) is 3. The highest BCUT2D eigenvalue weighted by atomic mass is 32.1. The van der Waals surface area contributed by atoms with E-state index >= 15 is 0 Å². The molecule has 1 aliphatic carbocycles. The molecule has 0 saturated carbocycles. The summed E-state index contributed by atoms with van der Waals surface area (Å²) >= 11 is 1.93. The first-order valence-corrected chi connectivity index (χ1v) is 12.2. The number of likely N-dealkylation sites (tertiary alicyclic amines) is 2. The van der Waals surface area contributed by atoms with Gasteiger partial charge in [-0.3, -0.25) is 0 Å². The summed E-state index contributed by atoms with van der Waals surface area (Å²) < 4.78 is 0. The van der Waals surface area contributed by atoms with Crippen LogP contribution in [0.15, 0.2) is 41.3 Å². The number of rotatable bonds is 2. The summed E-state index contributed by atoms with van der Waals surface area (Å²) in [5.74, 6) is 0. The molecule has 1 aromatic heterocycles. The number of piperidine rings is 2. The zero-order valence-electron chi connectivity index (χ0n) is 17.8. The van der Waals surface area contributed by atoms with Crippen molar-refractivity contribution in [1.82, 2.24) is 9.80 Å². The van der Waals surface area contributed by atoms with Crippen molar-refractivity contribution in [2.45, 2.75) is 52.0 Å². The molecule has 2 fully saturated rings. The minimum atomic E-state index is 0.645. The lowest BCUT2D eigenvalue weighted by Gasteiger charge is -2.33. The van der Waals surface area contributed by atoms with Crippen molar-refractivity contribution in [2.24, 2.45) is 0 Å². The van der Waals surface area contributed by atoms with Crippen LogP contribution >= 0.6 is 11.3 Å². The van der Waals surface area contributed by atoms with E-state index in [-0.39, 0.29) is 0 Å². The Morgan fingerprint density at radius 1 is 0.862 bits per heavy atom. The van der Waals surface area contributed by atoms with Crippen molar-refractivity contribution in [3.8, 4) is 0 Å². The lowest BCUT2D eigenvalue weighted by atomic mass is 9.87. The van der Waals surface area contributed by atoms with Crippen molar-refractivity contribution in [1.29, 1.82) is 0 Å². The Labute approximate surface area is 179 Å². The zero-order valence-corrected chi connectivity index (χ0v) is 18.6. The fourth-order valence-corrected chi connectivity index (χ4v) is 6.17. The zero-order chi connectivity index (χ0) is 19.8. The van der Waals surface area contributed by atoms with Crippen LogP contribution in [0.25, 0.3) is 17.3 Å². The summed E-state index contributed by atoms with van der Waals surface area (Å²) in [6.07, 6.45) is 8.87. The van der Waals surface area contributed by atoms with E-state index in [2.05, 4.69) is 65.4 Å². The smallest absolute Gasteiger partial charge is 0.0582 e. The van der Waals surface area contributed by atoms with E-state index in [1.807, 2.05) is 11.3 Å². The molecule has 3 heteroatoms. The summed E-state index contributed by atoms with van der Waals surface area (Å²) in [5, 5.41) is 2.31. The van der Waals surface area contributed by atoms with E-state index in [1.54, 1.807) is 5.57 Å². The summed E-state index contributed by atoms with van der Waals surface area (Å²) in [4.78, 5) is 6.75. The van der Waals surface area contributed by atoms with Crippen LogP contribution < -0.4 is 0 Å². The maximum Gasteiger partial charge on any atom is 0.0582 e. The van der Waals surface area contributed by atoms with E-state index < -0.39 is 0 Å². The number of hydrogen-bond donors (Lipinski definition) is 0. The summed E-state index contributed by atoms with van der Waals surface area (Å²) in [6.45, 7) is 9.41. The van der Waals surface area contributed by atoms with Gasteiger partial charge in [0.25, 0.3) is 0 Å². The van der Waals surface area contributed by atoms with Crippen LogP contribution in [0.2, 0.25) is 0 Å². The van der Waals surface area contributed by atoms with E-state index in [0.29, 0.717) is 6.04 Å². The Kier molecular flexibility index (Phi) is 5.36. The van der Waals surface area contributed by atoms with Crippen LogP contribution in [-0.2, 0) is 0 Å². The number of fused-ring (bicyclic) bond motifs is 2. The van der Waals surface area contributed by atoms with Gasteiger partial charge in [-0.15, -0.1) is 11.3 Å². The van der Waals surface area contributed by atoms with Crippen molar-refractivity contribution >= 4 is 28.7 Å². The molecule has 29 heavy (non-hydrogen) atoms. The molecule has 2 saturated heterocycles. The molecule has 0 N–H and O–H groups in total. The number of thiophene rings is 1. The highest BCUT2D eigenvalue weighted by molar-refractivity contribution is 7.11. The maximum absolute atomic E-state index is 2.64. The van der Waals surface area contributed by atoms with Gasteiger partial charge in [0.15, 0.2) is 0 Å². The average Bonchev–Trinajstić information content (AvgIpc) is 3.18. The van der Waals surface area contributed by atoms with Crippen molar-refractivity contribution in [3.63, 3.8) is 0 Å². The minimum absolute atomic E-state index is 0.645. The van der Waals surface area contributed by atoms with Crippen LogP contribution in [0.5, 0.6) is 0 Å². The maximum atomic E-state index is 2.64. The first-order chi connectivity index (χ1) is 14.2. The molecule has 2 aromatic rings. The molecular weight excluding hydrogens is 372 g/mol. The molecule has 1 aromatic carbocycles. The topological polar surface area (TPSA) is 6.48 Å². The first-order valence-electron chi connectivity index (χ1n) is 11.3. The van der Waals surface area contributed by atoms with Crippen LogP contribution in [0.3, 0.4) is 0 Å². The predicted molar refractivity (Wildman–Crippen MR) is 126 cm³/mol. The predicted octanol–water partition coefficient (Wildman–Crippen LogP) is 6.35. The minimum Gasteiger partial charge on any atom is -0.370 e. The van der Waals surface area contributed by atoms with Crippen LogP contribution in [0.4, 0.5) is 0 Å². The third-order valence-corrected chi connectivity index (χ3v) is 7.81. The lowest BCUT2D eigenvalue weighted by Crippen LogP contribution is -2.36. The van der Waals surface area contributed by atoms with E-state index in [0.717, 1.165) is 0 Å². The quantitative estimate of drug-likeness (QED) is 0.575. The van der Waals surface area contributed by atoms with E-state index in [1.165, 1.54) is 91.1 Å². The Balaban J connectivity index is 1.63. The molecule has 0 unspecified atom stereocenters. The monoisotopic (exact) mass is 404 g/mol. The molecule has 5 rings (SSSR count). The Bertz CT molecular complexity index is 933. The third kappa shape index (κ3) is 3.60. The molecule has 3 aliphatic rings. The molecule has 2 nitrogen and oxygen atoms in total. The summed E-state index contributed by atoms with van der Waals surface area (Å²) in [7, 11) is 0. The van der Waals surface area contributed by atoms with Gasteiger partial charge >= 0.3 is 0 Å². The Hall–Kier alpha value is -1.84. The van der Waals surface area contributed by atoms with E-state index in [9.17, 15) is 0 Å². The van der Waals surface area contributed by atoms with Gasteiger partial charge in [0, 0.05) is 37.8 Å². The average molecular weight is 405 g/mol. The van der Waals surface area contributed by atoms with Gasteiger partial charge in [-0.1, -0.05) is 29.8 Å². The molecule has 0 bridgehead atoms. The molecule has 0 atom stereocenters. The van der Waals surface area contributed by atoms with Gasteiger partial charge in [-0.05, 0) is 80.2 Å². The Morgan fingerprint density at radius 3 is 2.38 bits per heavy atom. The second-order valence-corrected chi connectivity index (χ2v) is 9.85. The molecule has 0 radical (unpaired) electrons. The van der Waals surface area contributed by atoms with Gasteiger partial charge in [0.1, 0.15) is 0 Å². The normalized spacial score (nSPS) is 20.4. The van der Waals surface area contributed by atoms with Crippen molar-refractivity contribution < 1.29 is 0 Å². The van der Waals surface area contributed by atoms with Gasteiger partial charge < -0.3 is 9.80 Å². The van der Waals surface area contributed by atoms with Crippen LogP contribution in [-0.4, -0.2) is 42.0 Å². The van der Waals surface area contributed by atoms with Gasteiger partial charge in [-0.2, -0.15) is 0 Å². The standard InChI is InChI=1S/C26H32N2S/c1-19(2)27-15-10-20(11-16-27)25-22-9-5-4-8-21(22)18-24(26-23(25)12-17-29-26)28-13-6-3-7-14-28/h4-5,8-9,12,17-19H,3,6-7,10-11,13-16H2,1-2H3. The van der Waals surface area contributed by atoms with Gasteiger partial charge in [-0.25, -0.2) is 0 Å². The number of benzene rings is 1. The molecular formula is C26H32N2S. The third-order valence-electron chi connectivity index (χ3n) is 6.87. The number of nitrogens with zero attached hydrogens (tertiary/aromatic N) is 2. The first kappa shape index (κ1) is 19.1.